The molecule has 0 saturated heterocycles. The number of amides is 2. The molecule has 4 rings (SSSR count). The maximum atomic E-state index is 14.2. The van der Waals surface area contributed by atoms with Crippen LogP contribution in [-0.2, 0) is 26.2 Å². The fraction of sp³-hybridized carbons (Fsp3) is 0.394. The number of anilines is 1. The first-order valence-corrected chi connectivity index (χ1v) is 15.9. The maximum absolute atomic E-state index is 14.2. The highest BCUT2D eigenvalue weighted by Crippen LogP contribution is 2.27. The van der Waals surface area contributed by atoms with E-state index in [1.807, 2.05) is 57.2 Å². The Morgan fingerprint density at radius 1 is 0.878 bits per heavy atom. The van der Waals surface area contributed by atoms with Crippen LogP contribution in [0.4, 0.5) is 5.69 Å². The lowest BCUT2D eigenvalue weighted by atomic mass is 9.95. The summed E-state index contributed by atoms with van der Waals surface area (Å²) in [6.45, 7) is 5.47. The van der Waals surface area contributed by atoms with Gasteiger partial charge in [0, 0.05) is 12.6 Å². The fourth-order valence-electron chi connectivity index (χ4n) is 5.43. The molecule has 0 heterocycles. The van der Waals surface area contributed by atoms with Crippen LogP contribution < -0.4 is 9.62 Å². The minimum atomic E-state index is -4.07. The quantitative estimate of drug-likeness (QED) is 0.315. The number of carbonyl (C=O) groups is 2. The first-order valence-electron chi connectivity index (χ1n) is 14.5. The van der Waals surface area contributed by atoms with Crippen molar-refractivity contribution in [2.24, 2.45) is 0 Å². The van der Waals surface area contributed by atoms with Crippen LogP contribution in [0.25, 0.3) is 0 Å². The van der Waals surface area contributed by atoms with Crippen molar-refractivity contribution >= 4 is 27.5 Å². The minimum absolute atomic E-state index is 0.100. The van der Waals surface area contributed by atoms with Crippen LogP contribution in [0.5, 0.6) is 0 Å². The molecular formula is C33H41N3O4S. The van der Waals surface area contributed by atoms with Crippen molar-refractivity contribution in [1.29, 1.82) is 0 Å². The summed E-state index contributed by atoms with van der Waals surface area (Å²) in [6.07, 6.45) is 5.61. The average molecular weight is 576 g/mol. The number of rotatable bonds is 11. The summed E-state index contributed by atoms with van der Waals surface area (Å²) in [5, 5.41) is 3.19. The summed E-state index contributed by atoms with van der Waals surface area (Å²) in [5.74, 6) is -0.618. The second-order valence-corrected chi connectivity index (χ2v) is 12.7. The highest BCUT2D eigenvalue weighted by atomic mass is 32.2. The van der Waals surface area contributed by atoms with E-state index in [-0.39, 0.29) is 23.4 Å². The molecule has 1 N–H and O–H groups in total. The SMILES string of the molecule is CC[C@H](C(=O)NC1CCCCC1)N(Cc1ccc(C)cc1)C(=O)CN(c1ccccc1C)S(=O)(=O)c1ccccc1. The molecule has 2 amide bonds. The number of carbonyl (C=O) groups excluding carboxylic acids is 2. The molecule has 0 radical (unpaired) electrons. The molecule has 1 saturated carbocycles. The summed E-state index contributed by atoms with van der Waals surface area (Å²) in [6, 6.07) is 22.5. The second-order valence-electron chi connectivity index (χ2n) is 10.9. The van der Waals surface area contributed by atoms with Crippen molar-refractivity contribution in [3.05, 3.63) is 95.6 Å². The Morgan fingerprint density at radius 3 is 2.15 bits per heavy atom. The third-order valence-corrected chi connectivity index (χ3v) is 9.58. The molecule has 1 aliphatic rings. The predicted octanol–water partition coefficient (Wildman–Crippen LogP) is 5.76. The third kappa shape index (κ3) is 7.55. The van der Waals surface area contributed by atoms with E-state index in [4.69, 9.17) is 0 Å². The average Bonchev–Trinajstić information content (AvgIpc) is 2.98. The number of nitrogens with one attached hydrogen (secondary N) is 1. The first kappa shape index (κ1) is 30.3. The molecule has 3 aromatic carbocycles. The Labute approximate surface area is 244 Å². The highest BCUT2D eigenvalue weighted by molar-refractivity contribution is 7.92. The fourth-order valence-corrected chi connectivity index (χ4v) is 6.93. The number of para-hydroxylation sites is 1. The van der Waals surface area contributed by atoms with E-state index in [2.05, 4.69) is 5.32 Å². The van der Waals surface area contributed by atoms with Crippen molar-refractivity contribution in [1.82, 2.24) is 10.2 Å². The molecule has 0 aliphatic heterocycles. The van der Waals surface area contributed by atoms with E-state index in [0.29, 0.717) is 12.1 Å². The molecule has 1 aliphatic carbocycles. The Bertz CT molecular complexity index is 1420. The summed E-state index contributed by atoms with van der Waals surface area (Å²) < 4.78 is 29.1. The van der Waals surface area contributed by atoms with Gasteiger partial charge in [0.2, 0.25) is 11.8 Å². The van der Waals surface area contributed by atoms with Gasteiger partial charge in [-0.1, -0.05) is 92.4 Å². The van der Waals surface area contributed by atoms with Crippen molar-refractivity contribution in [3.63, 3.8) is 0 Å². The summed E-state index contributed by atoms with van der Waals surface area (Å²) in [5.41, 5.74) is 3.13. The van der Waals surface area contributed by atoms with Crippen LogP contribution in [0.15, 0.2) is 83.8 Å². The summed E-state index contributed by atoms with van der Waals surface area (Å²) >= 11 is 0. The van der Waals surface area contributed by atoms with Crippen molar-refractivity contribution in [2.75, 3.05) is 10.8 Å². The van der Waals surface area contributed by atoms with Gasteiger partial charge in [0.15, 0.2) is 0 Å². The van der Waals surface area contributed by atoms with Gasteiger partial charge in [0.05, 0.1) is 10.6 Å². The van der Waals surface area contributed by atoms with Crippen molar-refractivity contribution in [2.45, 2.75) is 82.8 Å². The number of benzene rings is 3. The summed E-state index contributed by atoms with van der Waals surface area (Å²) in [4.78, 5) is 29.5. The lowest BCUT2D eigenvalue weighted by Crippen LogP contribution is -2.54. The molecular weight excluding hydrogens is 534 g/mol. The smallest absolute Gasteiger partial charge is 0.264 e. The van der Waals surface area contributed by atoms with Crippen LogP contribution in [0.1, 0.15) is 62.1 Å². The van der Waals surface area contributed by atoms with Gasteiger partial charge < -0.3 is 10.2 Å². The largest absolute Gasteiger partial charge is 0.352 e. The lowest BCUT2D eigenvalue weighted by molar-refractivity contribution is -0.140. The number of nitrogens with zero attached hydrogens (tertiary/aromatic N) is 2. The predicted molar refractivity (Wildman–Crippen MR) is 163 cm³/mol. The van der Waals surface area contributed by atoms with Crippen LogP contribution >= 0.6 is 0 Å². The molecule has 0 bridgehead atoms. The highest BCUT2D eigenvalue weighted by Gasteiger charge is 2.34. The molecule has 7 nitrogen and oxygen atoms in total. The number of hydrogen-bond donors (Lipinski definition) is 1. The van der Waals surface area contributed by atoms with E-state index < -0.39 is 28.5 Å². The van der Waals surface area contributed by atoms with Gasteiger partial charge in [-0.2, -0.15) is 0 Å². The van der Waals surface area contributed by atoms with E-state index >= 15 is 0 Å². The van der Waals surface area contributed by atoms with Gasteiger partial charge in [-0.15, -0.1) is 0 Å². The monoisotopic (exact) mass is 575 g/mol. The standard InChI is InChI=1S/C33H41N3O4S/c1-4-30(33(38)34-28-14-7-5-8-15-28)35(23-27-21-19-25(2)20-22-27)32(37)24-36(31-18-12-11-13-26(31)3)41(39,40)29-16-9-6-10-17-29/h6,9-13,16-22,28,30H,4-5,7-8,14-15,23-24H2,1-3H3,(H,34,38)/t30-/m1/s1. The van der Waals surface area contributed by atoms with Crippen molar-refractivity contribution < 1.29 is 18.0 Å². The minimum Gasteiger partial charge on any atom is -0.352 e. The number of aryl methyl sites for hydroxylation is 2. The zero-order chi connectivity index (χ0) is 29.4. The Kier molecular flexibility index (Phi) is 10.2. The molecule has 3 aromatic rings. The Morgan fingerprint density at radius 2 is 1.51 bits per heavy atom. The van der Waals surface area contributed by atoms with Crippen LogP contribution in [0.2, 0.25) is 0 Å². The maximum Gasteiger partial charge on any atom is 0.264 e. The van der Waals surface area contributed by atoms with Gasteiger partial charge in [0.25, 0.3) is 10.0 Å². The Balaban J connectivity index is 1.70. The molecule has 0 spiro atoms. The number of hydrogen-bond acceptors (Lipinski definition) is 4. The van der Waals surface area contributed by atoms with Crippen LogP contribution in [0, 0.1) is 13.8 Å². The molecule has 41 heavy (non-hydrogen) atoms. The van der Waals surface area contributed by atoms with Crippen molar-refractivity contribution in [3.8, 4) is 0 Å². The molecule has 1 fully saturated rings. The van der Waals surface area contributed by atoms with Gasteiger partial charge >= 0.3 is 0 Å². The molecule has 8 heteroatoms. The zero-order valence-corrected chi connectivity index (χ0v) is 25.1. The third-order valence-electron chi connectivity index (χ3n) is 7.81. The van der Waals surface area contributed by atoms with Gasteiger partial charge in [-0.25, -0.2) is 8.42 Å². The first-order chi connectivity index (χ1) is 19.7. The molecule has 1 atom stereocenters. The molecule has 0 aromatic heterocycles. The van der Waals surface area contributed by atoms with E-state index in [1.165, 1.54) is 22.9 Å². The van der Waals surface area contributed by atoms with E-state index in [0.717, 1.165) is 42.4 Å². The molecule has 0 unspecified atom stereocenters. The lowest BCUT2D eigenvalue weighted by Gasteiger charge is -2.34. The topological polar surface area (TPSA) is 86.8 Å². The normalized spacial score (nSPS) is 14.7. The Hall–Kier alpha value is -3.65. The van der Waals surface area contributed by atoms with Crippen LogP contribution in [-0.4, -0.2) is 43.8 Å². The van der Waals surface area contributed by atoms with Gasteiger partial charge in [-0.05, 0) is 62.4 Å². The zero-order valence-electron chi connectivity index (χ0n) is 24.3. The van der Waals surface area contributed by atoms with E-state index in [9.17, 15) is 18.0 Å². The second kappa shape index (κ2) is 13.8. The van der Waals surface area contributed by atoms with Gasteiger partial charge in [-0.3, -0.25) is 13.9 Å². The molecule has 218 valence electrons. The van der Waals surface area contributed by atoms with Gasteiger partial charge in [0.1, 0.15) is 12.6 Å². The number of sulfonamides is 1. The summed E-state index contributed by atoms with van der Waals surface area (Å²) in [7, 11) is -4.07. The van der Waals surface area contributed by atoms with Crippen LogP contribution in [0.3, 0.4) is 0 Å². The van der Waals surface area contributed by atoms with E-state index in [1.54, 1.807) is 35.2 Å².